The number of amides is 2. The van der Waals surface area contributed by atoms with Crippen LogP contribution in [0.5, 0.6) is 0 Å². The minimum absolute atomic E-state index is 0.250. The standard InChI is InChI=1S/C20H24N4O4/c1-20(2,3)27-19(26)24-10-14-13(15(14)11-24)9-22-18(25)16-7-17(28-23-16)12-5-4-6-21-8-12/h4-8,13-15H,9-11H2,1-3H3,(H,22,25)/t13-,14-,15+. The van der Waals surface area contributed by atoms with E-state index in [9.17, 15) is 9.59 Å². The van der Waals surface area contributed by atoms with Crippen LogP contribution in [-0.4, -0.2) is 52.3 Å². The average molecular weight is 384 g/mol. The molecule has 1 N–H and O–H groups in total. The van der Waals surface area contributed by atoms with Crippen molar-refractivity contribution in [2.24, 2.45) is 17.8 Å². The van der Waals surface area contributed by atoms with Crippen LogP contribution in [0.25, 0.3) is 11.3 Å². The lowest BCUT2D eigenvalue weighted by molar-refractivity contribution is 0.0265. The lowest BCUT2D eigenvalue weighted by atomic mass is 10.2. The largest absolute Gasteiger partial charge is 0.444 e. The van der Waals surface area contributed by atoms with Gasteiger partial charge in [0.05, 0.1) is 0 Å². The van der Waals surface area contributed by atoms with E-state index in [-0.39, 0.29) is 17.7 Å². The topological polar surface area (TPSA) is 97.6 Å². The predicted octanol–water partition coefficient (Wildman–Crippen LogP) is 2.58. The van der Waals surface area contributed by atoms with Gasteiger partial charge in [-0.05, 0) is 50.7 Å². The quantitative estimate of drug-likeness (QED) is 0.870. The van der Waals surface area contributed by atoms with E-state index in [1.807, 2.05) is 26.8 Å². The number of hydrogen-bond donors (Lipinski definition) is 1. The Labute approximate surface area is 163 Å². The summed E-state index contributed by atoms with van der Waals surface area (Å²) >= 11 is 0. The smallest absolute Gasteiger partial charge is 0.410 e. The second kappa shape index (κ2) is 6.92. The number of aromatic nitrogens is 2. The Morgan fingerprint density at radius 3 is 2.71 bits per heavy atom. The van der Waals surface area contributed by atoms with Gasteiger partial charge in [-0.15, -0.1) is 0 Å². The maximum absolute atomic E-state index is 12.3. The van der Waals surface area contributed by atoms with E-state index in [2.05, 4.69) is 15.5 Å². The zero-order valence-corrected chi connectivity index (χ0v) is 16.2. The Hall–Kier alpha value is -2.90. The van der Waals surface area contributed by atoms with Gasteiger partial charge in [0.1, 0.15) is 5.60 Å². The molecule has 2 fully saturated rings. The normalized spacial score (nSPS) is 23.2. The van der Waals surface area contributed by atoms with Crippen molar-refractivity contribution in [3.63, 3.8) is 0 Å². The summed E-state index contributed by atoms with van der Waals surface area (Å²) in [5.74, 6) is 1.50. The Kier molecular flexibility index (Phi) is 4.56. The molecule has 8 nitrogen and oxygen atoms in total. The SMILES string of the molecule is CC(C)(C)OC(=O)N1C[C@@H]2[C@@H](CNC(=O)c3cc(-c4cccnc4)on3)[C@@H]2C1. The fraction of sp³-hybridized carbons (Fsp3) is 0.500. The van der Waals surface area contributed by atoms with Crippen LogP contribution in [0.2, 0.25) is 0 Å². The van der Waals surface area contributed by atoms with Crippen LogP contribution < -0.4 is 5.32 Å². The molecule has 3 atom stereocenters. The molecular weight excluding hydrogens is 360 g/mol. The van der Waals surface area contributed by atoms with Gasteiger partial charge in [0.2, 0.25) is 0 Å². The van der Waals surface area contributed by atoms with Gasteiger partial charge >= 0.3 is 6.09 Å². The Morgan fingerprint density at radius 1 is 1.32 bits per heavy atom. The molecule has 2 aromatic heterocycles. The number of nitrogens with one attached hydrogen (secondary N) is 1. The van der Waals surface area contributed by atoms with Gasteiger partial charge in [0.15, 0.2) is 11.5 Å². The number of fused-ring (bicyclic) bond motifs is 1. The molecule has 4 rings (SSSR count). The summed E-state index contributed by atoms with van der Waals surface area (Å²) in [6.07, 6.45) is 3.07. The molecule has 0 spiro atoms. The number of piperidine rings is 1. The average Bonchev–Trinajstić information content (AvgIpc) is 3.05. The van der Waals surface area contributed by atoms with Gasteiger partial charge in [-0.25, -0.2) is 4.79 Å². The molecule has 2 aliphatic rings. The van der Waals surface area contributed by atoms with Crippen molar-refractivity contribution in [2.75, 3.05) is 19.6 Å². The highest BCUT2D eigenvalue weighted by Gasteiger charge is 2.56. The molecule has 0 radical (unpaired) electrons. The van der Waals surface area contributed by atoms with Crippen LogP contribution in [0.1, 0.15) is 31.3 Å². The van der Waals surface area contributed by atoms with Crippen LogP contribution in [0.15, 0.2) is 35.1 Å². The second-order valence-corrected chi connectivity index (χ2v) is 8.41. The molecule has 0 aromatic carbocycles. The van der Waals surface area contributed by atoms with E-state index < -0.39 is 5.60 Å². The number of carbonyl (C=O) groups excluding carboxylic acids is 2. The van der Waals surface area contributed by atoms with Gasteiger partial charge in [0, 0.05) is 43.7 Å². The second-order valence-electron chi connectivity index (χ2n) is 8.41. The number of rotatable bonds is 4. The van der Waals surface area contributed by atoms with Gasteiger partial charge in [0.25, 0.3) is 5.91 Å². The third-order valence-electron chi connectivity index (χ3n) is 5.21. The van der Waals surface area contributed by atoms with Crippen molar-refractivity contribution in [1.82, 2.24) is 20.4 Å². The molecular formula is C20H24N4O4. The van der Waals surface area contributed by atoms with E-state index in [0.29, 0.717) is 43.1 Å². The van der Waals surface area contributed by atoms with Crippen LogP contribution >= 0.6 is 0 Å². The number of carbonyl (C=O) groups is 2. The maximum Gasteiger partial charge on any atom is 0.410 e. The van der Waals surface area contributed by atoms with Gasteiger partial charge in [-0.3, -0.25) is 9.78 Å². The van der Waals surface area contributed by atoms with E-state index in [4.69, 9.17) is 9.26 Å². The molecule has 2 aromatic rings. The fourth-order valence-electron chi connectivity index (χ4n) is 3.76. The fourth-order valence-corrected chi connectivity index (χ4v) is 3.76. The first-order chi connectivity index (χ1) is 13.3. The summed E-state index contributed by atoms with van der Waals surface area (Å²) in [7, 11) is 0. The van der Waals surface area contributed by atoms with Crippen molar-refractivity contribution >= 4 is 12.0 Å². The Bertz CT molecular complexity index is 862. The molecule has 0 unspecified atom stereocenters. The molecule has 1 aliphatic carbocycles. The summed E-state index contributed by atoms with van der Waals surface area (Å²) in [6.45, 7) is 7.55. The van der Waals surface area contributed by atoms with E-state index >= 15 is 0 Å². The van der Waals surface area contributed by atoms with E-state index in [0.717, 1.165) is 5.56 Å². The van der Waals surface area contributed by atoms with Gasteiger partial charge < -0.3 is 19.5 Å². The number of nitrogens with zero attached hydrogens (tertiary/aromatic N) is 3. The zero-order valence-electron chi connectivity index (χ0n) is 16.2. The van der Waals surface area contributed by atoms with Crippen LogP contribution in [0.4, 0.5) is 4.79 Å². The number of likely N-dealkylation sites (tertiary alicyclic amines) is 1. The highest BCUT2D eigenvalue weighted by atomic mass is 16.6. The molecule has 2 amide bonds. The Morgan fingerprint density at radius 2 is 2.07 bits per heavy atom. The summed E-state index contributed by atoms with van der Waals surface area (Å²) in [4.78, 5) is 30.2. The number of pyridine rings is 1. The Balaban J connectivity index is 1.25. The van der Waals surface area contributed by atoms with Crippen LogP contribution in [0.3, 0.4) is 0 Å². The molecule has 8 heteroatoms. The van der Waals surface area contributed by atoms with Gasteiger partial charge in [-0.1, -0.05) is 5.16 Å². The summed E-state index contributed by atoms with van der Waals surface area (Å²) < 4.78 is 10.7. The number of ether oxygens (including phenoxy) is 1. The maximum atomic E-state index is 12.3. The number of hydrogen-bond acceptors (Lipinski definition) is 6. The molecule has 0 bridgehead atoms. The lowest BCUT2D eigenvalue weighted by Crippen LogP contribution is -2.38. The van der Waals surface area contributed by atoms with E-state index in [1.165, 1.54) is 0 Å². The van der Waals surface area contributed by atoms with Crippen molar-refractivity contribution in [3.05, 3.63) is 36.3 Å². The first-order valence-electron chi connectivity index (χ1n) is 9.45. The minimum Gasteiger partial charge on any atom is -0.444 e. The minimum atomic E-state index is -0.483. The third-order valence-corrected chi connectivity index (χ3v) is 5.21. The van der Waals surface area contributed by atoms with E-state index in [1.54, 1.807) is 29.4 Å². The highest BCUT2D eigenvalue weighted by molar-refractivity contribution is 5.93. The first kappa shape index (κ1) is 18.5. The third kappa shape index (κ3) is 3.85. The lowest BCUT2D eigenvalue weighted by Gasteiger charge is -2.25. The molecule has 3 heterocycles. The van der Waals surface area contributed by atoms with Gasteiger partial charge in [-0.2, -0.15) is 0 Å². The predicted molar refractivity (Wildman–Crippen MR) is 100 cm³/mol. The first-order valence-corrected chi connectivity index (χ1v) is 9.45. The monoisotopic (exact) mass is 384 g/mol. The highest BCUT2D eigenvalue weighted by Crippen LogP contribution is 2.51. The molecule has 148 valence electrons. The molecule has 1 aliphatic heterocycles. The van der Waals surface area contributed by atoms with Crippen molar-refractivity contribution in [2.45, 2.75) is 26.4 Å². The molecule has 28 heavy (non-hydrogen) atoms. The van der Waals surface area contributed by atoms with Crippen molar-refractivity contribution in [3.8, 4) is 11.3 Å². The molecule has 1 saturated heterocycles. The van der Waals surface area contributed by atoms with Crippen molar-refractivity contribution < 1.29 is 18.8 Å². The zero-order chi connectivity index (χ0) is 19.9. The molecule has 1 saturated carbocycles. The van der Waals surface area contributed by atoms with Crippen LogP contribution in [-0.2, 0) is 4.74 Å². The summed E-state index contributed by atoms with van der Waals surface area (Å²) in [5, 5.41) is 6.77. The van der Waals surface area contributed by atoms with Crippen molar-refractivity contribution in [1.29, 1.82) is 0 Å². The van der Waals surface area contributed by atoms with Crippen LogP contribution in [0, 0.1) is 17.8 Å². The summed E-state index contributed by atoms with van der Waals surface area (Å²) in [6, 6.07) is 5.26. The summed E-state index contributed by atoms with van der Waals surface area (Å²) in [5.41, 5.74) is 0.539.